The fourth-order valence-corrected chi connectivity index (χ4v) is 4.80. The number of halogens is 1. The summed E-state index contributed by atoms with van der Waals surface area (Å²) in [6, 6.07) is 8.27. The topological polar surface area (TPSA) is 116 Å². The number of phenolic OH excluding ortho intramolecular Hbond substituents is 1. The van der Waals surface area contributed by atoms with Crippen LogP contribution in [0, 0.1) is 5.82 Å². The van der Waals surface area contributed by atoms with Gasteiger partial charge in [-0.25, -0.2) is 9.18 Å². The molecule has 0 radical (unpaired) electrons. The Labute approximate surface area is 203 Å². The first-order valence-electron chi connectivity index (χ1n) is 12.1. The first kappa shape index (κ1) is 24.5. The Kier molecular flexibility index (Phi) is 7.53. The third-order valence-electron chi connectivity index (χ3n) is 6.81. The summed E-state index contributed by atoms with van der Waals surface area (Å²) >= 11 is 0. The van der Waals surface area contributed by atoms with Gasteiger partial charge < -0.3 is 26.0 Å². The van der Waals surface area contributed by atoms with Crippen LogP contribution in [0.4, 0.5) is 14.9 Å². The molecule has 4 rings (SSSR count). The van der Waals surface area contributed by atoms with Crippen LogP contribution >= 0.6 is 0 Å². The van der Waals surface area contributed by atoms with Gasteiger partial charge in [0.2, 0.25) is 0 Å². The third-order valence-corrected chi connectivity index (χ3v) is 6.81. The van der Waals surface area contributed by atoms with E-state index in [2.05, 4.69) is 5.32 Å². The highest BCUT2D eigenvalue weighted by Crippen LogP contribution is 2.32. The van der Waals surface area contributed by atoms with Crippen molar-refractivity contribution in [1.29, 1.82) is 0 Å². The van der Waals surface area contributed by atoms with E-state index in [9.17, 15) is 19.5 Å². The number of primary amides is 1. The maximum Gasteiger partial charge on any atom is 0.314 e. The normalized spacial score (nSPS) is 18.6. The minimum atomic E-state index is -0.725. The second kappa shape index (κ2) is 10.8. The molecule has 0 saturated carbocycles. The van der Waals surface area contributed by atoms with E-state index < -0.39 is 23.4 Å². The lowest BCUT2D eigenvalue weighted by Crippen LogP contribution is -2.38. The van der Waals surface area contributed by atoms with Gasteiger partial charge in [0.05, 0.1) is 5.69 Å². The second-order valence-electron chi connectivity index (χ2n) is 9.17. The monoisotopic (exact) mass is 482 g/mol. The van der Waals surface area contributed by atoms with Crippen LogP contribution in [0.2, 0.25) is 0 Å². The van der Waals surface area contributed by atoms with Gasteiger partial charge in [0.15, 0.2) is 11.6 Å². The zero-order valence-electron chi connectivity index (χ0n) is 19.6. The van der Waals surface area contributed by atoms with Crippen molar-refractivity contribution in [2.75, 3.05) is 31.1 Å². The summed E-state index contributed by atoms with van der Waals surface area (Å²) in [6.45, 7) is 2.47. The zero-order valence-corrected chi connectivity index (χ0v) is 19.6. The highest BCUT2D eigenvalue weighted by molar-refractivity contribution is 6.11. The maximum absolute atomic E-state index is 15.3. The molecule has 2 fully saturated rings. The van der Waals surface area contributed by atoms with E-state index in [1.165, 1.54) is 36.4 Å². The van der Waals surface area contributed by atoms with Crippen molar-refractivity contribution >= 4 is 23.4 Å². The Morgan fingerprint density at radius 3 is 2.26 bits per heavy atom. The van der Waals surface area contributed by atoms with E-state index in [0.29, 0.717) is 43.9 Å². The molecule has 2 saturated heterocycles. The Morgan fingerprint density at radius 2 is 1.57 bits per heavy atom. The standard InChI is InChI=1S/C26H31FN4O4/c27-23-20(30-13-2-1-3-14-30)10-11-21(32)22(23)24(33)17-6-8-18(9-7-17)25(34)29-19-5-4-15-31(16-12-19)26(28)35/h6-11,19,32H,1-5,12-16H2,(H2,28,35)(H,29,34)/t19-/m0/s1. The van der Waals surface area contributed by atoms with Gasteiger partial charge in [-0.15, -0.1) is 0 Å². The second-order valence-corrected chi connectivity index (χ2v) is 9.17. The minimum absolute atomic E-state index is 0.0864. The number of phenols is 1. The number of urea groups is 1. The third kappa shape index (κ3) is 5.55. The van der Waals surface area contributed by atoms with Crippen LogP contribution in [0.3, 0.4) is 0 Å². The molecule has 2 aliphatic rings. The number of nitrogens with one attached hydrogen (secondary N) is 1. The summed E-state index contributed by atoms with van der Waals surface area (Å²) in [4.78, 5) is 40.6. The summed E-state index contributed by atoms with van der Waals surface area (Å²) in [5.41, 5.74) is 5.86. The molecule has 3 amide bonds. The maximum atomic E-state index is 15.3. The number of piperidine rings is 1. The number of ketones is 1. The number of nitrogens with zero attached hydrogens (tertiary/aromatic N) is 2. The molecule has 35 heavy (non-hydrogen) atoms. The summed E-state index contributed by atoms with van der Waals surface area (Å²) in [5, 5.41) is 13.2. The van der Waals surface area contributed by atoms with E-state index in [0.717, 1.165) is 32.1 Å². The van der Waals surface area contributed by atoms with Gasteiger partial charge in [0.25, 0.3) is 5.91 Å². The summed E-state index contributed by atoms with van der Waals surface area (Å²) in [7, 11) is 0. The quantitative estimate of drug-likeness (QED) is 0.565. The van der Waals surface area contributed by atoms with Crippen molar-refractivity contribution in [3.63, 3.8) is 0 Å². The van der Waals surface area contributed by atoms with Gasteiger partial charge in [-0.05, 0) is 62.8 Å². The number of rotatable bonds is 5. The van der Waals surface area contributed by atoms with E-state index in [4.69, 9.17) is 5.73 Å². The average molecular weight is 483 g/mol. The minimum Gasteiger partial charge on any atom is -0.507 e. The van der Waals surface area contributed by atoms with Crippen LogP contribution in [-0.4, -0.2) is 59.9 Å². The van der Waals surface area contributed by atoms with Crippen molar-refractivity contribution < 1.29 is 23.9 Å². The molecule has 2 aromatic rings. The first-order valence-corrected chi connectivity index (χ1v) is 12.1. The molecule has 0 aromatic heterocycles. The van der Waals surface area contributed by atoms with Crippen molar-refractivity contribution in [3.05, 3.63) is 58.9 Å². The highest BCUT2D eigenvalue weighted by Gasteiger charge is 2.25. The summed E-state index contributed by atoms with van der Waals surface area (Å²) < 4.78 is 15.3. The van der Waals surface area contributed by atoms with E-state index in [1.54, 1.807) is 4.90 Å². The summed E-state index contributed by atoms with van der Waals surface area (Å²) in [5.74, 6) is -2.06. The number of benzene rings is 2. The van der Waals surface area contributed by atoms with Crippen molar-refractivity contribution in [1.82, 2.24) is 10.2 Å². The molecular weight excluding hydrogens is 451 g/mol. The SMILES string of the molecule is NC(=O)N1CCC[C@H](NC(=O)c2ccc(C(=O)c3c(O)ccc(N4CCCCC4)c3F)cc2)CC1. The number of likely N-dealkylation sites (tertiary alicyclic amines) is 1. The molecule has 4 N–H and O–H groups in total. The smallest absolute Gasteiger partial charge is 0.314 e. The lowest BCUT2D eigenvalue weighted by Gasteiger charge is -2.29. The van der Waals surface area contributed by atoms with E-state index in [1.807, 2.05) is 4.90 Å². The van der Waals surface area contributed by atoms with Crippen LogP contribution in [0.1, 0.15) is 64.8 Å². The van der Waals surface area contributed by atoms with Crippen LogP contribution < -0.4 is 16.0 Å². The largest absolute Gasteiger partial charge is 0.507 e. The molecule has 2 heterocycles. The van der Waals surface area contributed by atoms with Crippen molar-refractivity contribution in [2.45, 2.75) is 44.6 Å². The molecule has 8 nitrogen and oxygen atoms in total. The van der Waals surface area contributed by atoms with Crippen LogP contribution in [0.15, 0.2) is 36.4 Å². The van der Waals surface area contributed by atoms with Crippen molar-refractivity contribution in [2.24, 2.45) is 5.73 Å². The number of amides is 3. The van der Waals surface area contributed by atoms with Gasteiger partial charge in [-0.3, -0.25) is 9.59 Å². The van der Waals surface area contributed by atoms with Crippen LogP contribution in [0.25, 0.3) is 0 Å². The average Bonchev–Trinajstić information content (AvgIpc) is 3.10. The predicted octanol–water partition coefficient (Wildman–Crippen LogP) is 3.42. The van der Waals surface area contributed by atoms with Crippen LogP contribution in [-0.2, 0) is 0 Å². The Morgan fingerprint density at radius 1 is 0.886 bits per heavy atom. The fraction of sp³-hybridized carbons (Fsp3) is 0.423. The zero-order chi connectivity index (χ0) is 24.9. The lowest BCUT2D eigenvalue weighted by molar-refractivity contribution is 0.0932. The molecule has 9 heteroatoms. The molecular formula is C26H31FN4O4. The number of hydrogen-bond donors (Lipinski definition) is 3. The molecule has 0 unspecified atom stereocenters. The molecule has 0 bridgehead atoms. The molecule has 1 atom stereocenters. The van der Waals surface area contributed by atoms with Gasteiger partial charge >= 0.3 is 6.03 Å². The van der Waals surface area contributed by atoms with E-state index in [-0.39, 0.29) is 23.1 Å². The van der Waals surface area contributed by atoms with Crippen molar-refractivity contribution in [3.8, 4) is 5.75 Å². The molecule has 2 aromatic carbocycles. The number of anilines is 1. The number of aromatic hydroxyl groups is 1. The number of nitrogens with two attached hydrogens (primary N) is 1. The Balaban J connectivity index is 1.45. The predicted molar refractivity (Wildman–Crippen MR) is 130 cm³/mol. The summed E-state index contributed by atoms with van der Waals surface area (Å²) in [6.07, 6.45) is 5.09. The molecule has 186 valence electrons. The van der Waals surface area contributed by atoms with Gasteiger partial charge in [-0.2, -0.15) is 0 Å². The lowest BCUT2D eigenvalue weighted by atomic mass is 9.99. The Bertz CT molecular complexity index is 1100. The van der Waals surface area contributed by atoms with Crippen LogP contribution in [0.5, 0.6) is 5.75 Å². The van der Waals surface area contributed by atoms with Gasteiger partial charge in [-0.1, -0.05) is 12.1 Å². The number of carbonyl (C=O) groups is 3. The molecule has 2 aliphatic heterocycles. The highest BCUT2D eigenvalue weighted by atomic mass is 19.1. The van der Waals surface area contributed by atoms with Gasteiger partial charge in [0.1, 0.15) is 11.3 Å². The van der Waals surface area contributed by atoms with Gasteiger partial charge in [0, 0.05) is 43.3 Å². The molecule has 0 spiro atoms. The number of hydrogen-bond acceptors (Lipinski definition) is 5. The number of carbonyl (C=O) groups excluding carboxylic acids is 3. The molecule has 0 aliphatic carbocycles. The van der Waals surface area contributed by atoms with E-state index >= 15 is 4.39 Å². The first-order chi connectivity index (χ1) is 16.8. The fourth-order valence-electron chi connectivity index (χ4n) is 4.80. The Hall–Kier alpha value is -3.62.